The van der Waals surface area contributed by atoms with Gasteiger partial charge in [0.05, 0.1) is 5.56 Å². The first-order valence-corrected chi connectivity index (χ1v) is 7.16. The molecule has 3 rings (SSSR count). The van der Waals surface area contributed by atoms with E-state index in [0.29, 0.717) is 11.6 Å². The van der Waals surface area contributed by atoms with E-state index in [1.54, 1.807) is 6.07 Å². The van der Waals surface area contributed by atoms with Crippen molar-refractivity contribution in [2.45, 2.75) is 25.1 Å². The number of hydrogen-bond acceptors (Lipinski definition) is 2. The smallest absolute Gasteiger partial charge is 0.382 e. The Morgan fingerprint density at radius 1 is 1.15 bits per heavy atom. The van der Waals surface area contributed by atoms with Crippen molar-refractivity contribution in [3.8, 4) is 0 Å². The monoisotopic (exact) mass is 304 g/mol. The molecule has 2 aliphatic rings. The van der Waals surface area contributed by atoms with Crippen molar-refractivity contribution < 1.29 is 13.2 Å². The maximum atomic E-state index is 12.8. The number of fused-ring (bicyclic) bond motifs is 2. The van der Waals surface area contributed by atoms with Crippen molar-refractivity contribution in [1.82, 2.24) is 4.90 Å². The number of hydrogen-bond donors (Lipinski definition) is 1. The Bertz CT molecular complexity index is 504. The van der Waals surface area contributed by atoms with Gasteiger partial charge in [0.15, 0.2) is 0 Å². The number of piperidine rings is 1. The molecule has 2 heterocycles. The Morgan fingerprint density at radius 3 is 2.65 bits per heavy atom. The first-order valence-electron chi connectivity index (χ1n) is 6.78. The molecule has 0 saturated carbocycles. The molecule has 1 aromatic carbocycles. The molecule has 3 unspecified atom stereocenters. The van der Waals surface area contributed by atoms with Crippen LogP contribution in [0.3, 0.4) is 0 Å². The molecule has 110 valence electrons. The van der Waals surface area contributed by atoms with Crippen molar-refractivity contribution in [3.05, 3.63) is 28.8 Å². The number of anilines is 1. The molecular formula is C14H16ClF3N2. The quantitative estimate of drug-likeness (QED) is 0.892. The number of nitrogens with one attached hydrogen (secondary N) is 1. The zero-order chi connectivity index (χ0) is 14.3. The van der Waals surface area contributed by atoms with Gasteiger partial charge in [0.2, 0.25) is 0 Å². The maximum Gasteiger partial charge on any atom is 0.416 e. The Labute approximate surface area is 120 Å². The van der Waals surface area contributed by atoms with E-state index in [2.05, 4.69) is 10.2 Å². The van der Waals surface area contributed by atoms with Gasteiger partial charge in [0.25, 0.3) is 0 Å². The minimum atomic E-state index is -4.36. The molecule has 0 amide bonds. The molecule has 3 atom stereocenters. The summed E-state index contributed by atoms with van der Waals surface area (Å²) in [5.41, 5.74) is -0.230. The van der Waals surface area contributed by atoms with Crippen LogP contribution in [0.2, 0.25) is 5.02 Å². The summed E-state index contributed by atoms with van der Waals surface area (Å²) in [6, 6.07) is 3.92. The zero-order valence-electron chi connectivity index (χ0n) is 10.9. The average molecular weight is 305 g/mol. The van der Waals surface area contributed by atoms with Crippen molar-refractivity contribution in [2.75, 3.05) is 25.0 Å². The van der Waals surface area contributed by atoms with Crippen molar-refractivity contribution in [3.63, 3.8) is 0 Å². The van der Waals surface area contributed by atoms with Gasteiger partial charge in [-0.2, -0.15) is 13.2 Å². The van der Waals surface area contributed by atoms with Gasteiger partial charge in [0, 0.05) is 29.8 Å². The molecule has 2 saturated heterocycles. The fourth-order valence-corrected chi connectivity index (χ4v) is 3.43. The predicted molar refractivity (Wildman–Crippen MR) is 73.0 cm³/mol. The molecule has 1 N–H and O–H groups in total. The van der Waals surface area contributed by atoms with Crippen LogP contribution in [-0.4, -0.2) is 30.6 Å². The number of benzene rings is 1. The lowest BCUT2D eigenvalue weighted by molar-refractivity contribution is -0.137. The summed E-state index contributed by atoms with van der Waals surface area (Å²) < 4.78 is 38.3. The fraction of sp³-hybridized carbons (Fsp3) is 0.571. The van der Waals surface area contributed by atoms with E-state index in [9.17, 15) is 13.2 Å². The molecule has 0 spiro atoms. The summed E-state index contributed by atoms with van der Waals surface area (Å²) in [6.07, 6.45) is -2.28. The number of alkyl halides is 3. The molecule has 0 radical (unpaired) electrons. The summed E-state index contributed by atoms with van der Waals surface area (Å²) in [5.74, 6) is 0.525. The standard InChI is InChI=1S/C14H16ClF3N2/c15-11-5-10(14(16,17)18)6-12(7-11)19-13-2-4-20-3-1-9(13)8-20/h5-7,9,13,19H,1-4,8H2. The molecule has 2 nitrogen and oxygen atoms in total. The van der Waals surface area contributed by atoms with Gasteiger partial charge in [-0.1, -0.05) is 11.6 Å². The van der Waals surface area contributed by atoms with Gasteiger partial charge in [-0.05, 0) is 43.5 Å². The molecule has 2 aliphatic heterocycles. The molecule has 1 aromatic rings. The molecule has 2 bridgehead atoms. The van der Waals surface area contributed by atoms with E-state index in [4.69, 9.17) is 11.6 Å². The molecule has 2 fully saturated rings. The Morgan fingerprint density at radius 2 is 1.90 bits per heavy atom. The second kappa shape index (κ2) is 5.11. The maximum absolute atomic E-state index is 12.8. The van der Waals surface area contributed by atoms with Gasteiger partial charge in [-0.15, -0.1) is 0 Å². The molecule has 0 aliphatic carbocycles. The first kappa shape index (κ1) is 14.0. The van der Waals surface area contributed by atoms with Gasteiger partial charge >= 0.3 is 6.18 Å². The lowest BCUT2D eigenvalue weighted by Gasteiger charge is -2.31. The Balaban J connectivity index is 1.78. The van der Waals surface area contributed by atoms with Gasteiger partial charge < -0.3 is 10.2 Å². The van der Waals surface area contributed by atoms with Crippen LogP contribution in [0, 0.1) is 5.92 Å². The number of nitrogens with zero attached hydrogens (tertiary/aromatic N) is 1. The zero-order valence-corrected chi connectivity index (χ0v) is 11.6. The highest BCUT2D eigenvalue weighted by Gasteiger charge is 2.35. The molecular weight excluding hydrogens is 289 g/mol. The van der Waals surface area contributed by atoms with E-state index in [1.807, 2.05) is 0 Å². The highest BCUT2D eigenvalue weighted by atomic mass is 35.5. The third kappa shape index (κ3) is 2.88. The highest BCUT2D eigenvalue weighted by molar-refractivity contribution is 6.30. The number of rotatable bonds is 2. The summed E-state index contributed by atoms with van der Waals surface area (Å²) in [6.45, 7) is 3.16. The third-order valence-corrected chi connectivity index (χ3v) is 4.43. The van der Waals surface area contributed by atoms with Crippen LogP contribution in [0.1, 0.15) is 18.4 Å². The van der Waals surface area contributed by atoms with Crippen molar-refractivity contribution >= 4 is 17.3 Å². The van der Waals surface area contributed by atoms with E-state index in [-0.39, 0.29) is 11.1 Å². The fourth-order valence-electron chi connectivity index (χ4n) is 3.19. The Kier molecular flexibility index (Phi) is 3.58. The second-order valence-electron chi connectivity index (χ2n) is 5.62. The minimum Gasteiger partial charge on any atom is -0.382 e. The predicted octanol–water partition coefficient (Wildman–Crippen LogP) is 3.86. The van der Waals surface area contributed by atoms with Crippen LogP contribution < -0.4 is 5.32 Å². The largest absolute Gasteiger partial charge is 0.416 e. The third-order valence-electron chi connectivity index (χ3n) is 4.21. The van der Waals surface area contributed by atoms with Crippen LogP contribution in [0.4, 0.5) is 18.9 Å². The topological polar surface area (TPSA) is 15.3 Å². The summed E-state index contributed by atoms with van der Waals surface area (Å²) in [7, 11) is 0. The lowest BCUT2D eigenvalue weighted by atomic mass is 9.94. The SMILES string of the molecule is FC(F)(F)c1cc(Cl)cc(NC2CCN3CCC2C3)c1. The van der Waals surface area contributed by atoms with E-state index < -0.39 is 11.7 Å². The first-order chi connectivity index (χ1) is 9.41. The highest BCUT2D eigenvalue weighted by Crippen LogP contribution is 2.35. The number of halogens is 4. The normalized spacial score (nSPS) is 29.5. The van der Waals surface area contributed by atoms with Gasteiger partial charge in [0.1, 0.15) is 0 Å². The van der Waals surface area contributed by atoms with Crippen molar-refractivity contribution in [1.29, 1.82) is 0 Å². The van der Waals surface area contributed by atoms with E-state index in [0.717, 1.165) is 44.6 Å². The Hall–Kier alpha value is -0.940. The van der Waals surface area contributed by atoms with Crippen molar-refractivity contribution in [2.24, 2.45) is 5.92 Å². The minimum absolute atomic E-state index is 0.117. The van der Waals surface area contributed by atoms with Gasteiger partial charge in [-0.25, -0.2) is 0 Å². The molecule has 6 heteroatoms. The molecule has 20 heavy (non-hydrogen) atoms. The lowest BCUT2D eigenvalue weighted by Crippen LogP contribution is -2.39. The molecule has 0 aromatic heterocycles. The van der Waals surface area contributed by atoms with Crippen LogP contribution in [0.5, 0.6) is 0 Å². The summed E-state index contributed by atoms with van der Waals surface area (Å²) in [4.78, 5) is 2.40. The van der Waals surface area contributed by atoms with Gasteiger partial charge in [-0.3, -0.25) is 0 Å². The summed E-state index contributed by atoms with van der Waals surface area (Å²) >= 11 is 5.80. The van der Waals surface area contributed by atoms with Crippen LogP contribution >= 0.6 is 11.6 Å². The summed E-state index contributed by atoms with van der Waals surface area (Å²) in [5, 5.41) is 3.37. The van der Waals surface area contributed by atoms with Crippen LogP contribution in [0.15, 0.2) is 18.2 Å². The van der Waals surface area contributed by atoms with E-state index in [1.165, 1.54) is 0 Å². The average Bonchev–Trinajstić information content (AvgIpc) is 2.74. The second-order valence-corrected chi connectivity index (χ2v) is 6.05. The van der Waals surface area contributed by atoms with E-state index >= 15 is 0 Å². The van der Waals surface area contributed by atoms with Crippen LogP contribution in [0.25, 0.3) is 0 Å². The van der Waals surface area contributed by atoms with Crippen LogP contribution in [-0.2, 0) is 6.18 Å².